The zero-order chi connectivity index (χ0) is 3.41. The van der Waals surface area contributed by atoms with E-state index in [0.29, 0.717) is 0 Å². The van der Waals surface area contributed by atoms with Crippen molar-refractivity contribution in [3.8, 4) is 0 Å². The first-order valence-corrected chi connectivity index (χ1v) is 2.04. The quantitative estimate of drug-likeness (QED) is 0.255. The number of thiocarbonyl (C=S) groups is 1. The predicted octanol–water partition coefficient (Wildman–Crippen LogP) is 0.438. The smallest absolute Gasteiger partial charge is 0.172 e. The molecule has 0 bridgehead atoms. The molecule has 0 rings (SSSR count). The van der Waals surface area contributed by atoms with E-state index in [1.165, 1.54) is 0 Å². The molecule has 0 aliphatic rings. The van der Waals surface area contributed by atoms with Gasteiger partial charge in [-0.2, -0.15) is 9.12 Å². The molecule has 0 amide bonds. The molecule has 0 heterocycles. The van der Waals surface area contributed by atoms with E-state index < -0.39 is 0 Å². The average Bonchev–Trinajstić information content (AvgIpc) is 1.37. The van der Waals surface area contributed by atoms with Crippen LogP contribution in [0.4, 0.5) is 0 Å². The largest absolute Gasteiger partial charge is 0.183 e. The lowest BCUT2D eigenvalue weighted by atomic mass is 10.2. The zero-order valence-corrected chi connectivity index (χ0v) is 4.11. The molecule has 1 radical (unpaired) electrons. The van der Waals surface area contributed by atoms with E-state index >= 15 is 0 Å². The fourth-order valence-electron chi connectivity index (χ4n) is 0. The first kappa shape index (κ1) is 4.58. The predicted molar refractivity (Wildman–Crippen MR) is 29.1 cm³/mol. The number of hydrogen-bond acceptors (Lipinski definition) is 1. The third-order valence-corrected chi connectivity index (χ3v) is 0.707. The molecule has 0 fully saturated rings. The highest BCUT2D eigenvalue weighted by Gasteiger charge is 1.54. The van der Waals surface area contributed by atoms with Gasteiger partial charge < -0.3 is 0 Å². The lowest BCUT2D eigenvalue weighted by Crippen LogP contribution is -1.65. The molecule has 1 unspecified atom stereocenters. The van der Waals surface area contributed by atoms with Gasteiger partial charge in [0.05, 0.1) is 0 Å². The maximum absolute atomic E-state index is 4.35. The van der Waals surface area contributed by atoms with Crippen LogP contribution in [-0.2, 0) is 0 Å². The molecule has 0 aromatic rings. The molecule has 0 aliphatic heterocycles. The van der Waals surface area contributed by atoms with Crippen molar-refractivity contribution >= 4 is 33.6 Å². The Bertz CT molecular complexity index is 22.0. The van der Waals surface area contributed by atoms with Crippen LogP contribution in [-0.4, -0.2) is 12.3 Å². The minimum absolute atomic E-state index is 1.55. The highest BCUT2D eigenvalue weighted by Crippen LogP contribution is 1.63. The Hall–Kier alpha value is 0.585. The van der Waals surface area contributed by atoms with E-state index in [-0.39, 0.29) is 0 Å². The van der Waals surface area contributed by atoms with E-state index in [1.54, 1.807) is 12.3 Å². The highest BCUT2D eigenvalue weighted by molar-refractivity contribution is 7.86. The normalized spacial score (nSPS) is 5.25. The Morgan fingerprint density at radius 1 is 2.00 bits per heavy atom. The van der Waals surface area contributed by atoms with E-state index in [2.05, 4.69) is 21.3 Å². The van der Waals surface area contributed by atoms with Crippen LogP contribution in [0.2, 0.25) is 0 Å². The van der Waals surface area contributed by atoms with Crippen molar-refractivity contribution in [1.29, 1.82) is 0 Å². The summed E-state index contributed by atoms with van der Waals surface area (Å²) in [7, 11) is 2.37. The summed E-state index contributed by atoms with van der Waals surface area (Å²) >= 11 is 4.35. The van der Waals surface area contributed by atoms with Crippen molar-refractivity contribution in [3.63, 3.8) is 0 Å². The van der Waals surface area contributed by atoms with Crippen molar-refractivity contribution in [2.75, 3.05) is 0 Å². The molecule has 0 N–H and O–H groups in total. The number of hydrogen-bond donors (Lipinski definition) is 0. The average molecular weight is 88.9 g/mol. The van der Waals surface area contributed by atoms with Crippen LogP contribution in [0.1, 0.15) is 0 Å². The van der Waals surface area contributed by atoms with Crippen molar-refractivity contribution in [2.45, 2.75) is 0 Å². The van der Waals surface area contributed by atoms with Gasteiger partial charge in [0.25, 0.3) is 0 Å². The van der Waals surface area contributed by atoms with Gasteiger partial charge in [0.2, 0.25) is 0 Å². The lowest BCUT2D eigenvalue weighted by Gasteiger charge is -1.50. The summed E-state index contributed by atoms with van der Waals surface area (Å²) in [5.74, 6) is 0. The second-order valence-electron chi connectivity index (χ2n) is 0.329. The highest BCUT2D eigenvalue weighted by atomic mass is 32.1. The van der Waals surface area contributed by atoms with Gasteiger partial charge in [-0.3, -0.25) is 0 Å². The third kappa shape index (κ3) is 2.58. The van der Waals surface area contributed by atoms with E-state index in [9.17, 15) is 0 Å². The number of rotatable bonds is 1. The van der Waals surface area contributed by atoms with Gasteiger partial charge in [-0.25, -0.2) is 0 Å². The van der Waals surface area contributed by atoms with Crippen LogP contribution in [0.3, 0.4) is 0 Å². The van der Waals surface area contributed by atoms with Gasteiger partial charge in [-0.05, 0) is 0 Å². The van der Waals surface area contributed by atoms with Gasteiger partial charge in [-0.15, -0.1) is 12.2 Å². The van der Waals surface area contributed by atoms with Crippen LogP contribution in [0.25, 0.3) is 0 Å². The molecular weight excluding hydrogens is 85.9 g/mol. The zero-order valence-electron chi connectivity index (χ0n) is 2.14. The molecule has 21 valence electrons. The van der Waals surface area contributed by atoms with Crippen LogP contribution in [0, 0.1) is 0 Å². The van der Waals surface area contributed by atoms with E-state index in [1.807, 2.05) is 0 Å². The standard InChI is InChI=1S/CH3BPS/c3-2-1-4/h1H,3H2. The SMILES string of the molecule is P[B]C=S. The summed E-state index contributed by atoms with van der Waals surface area (Å²) in [4.78, 5) is 0. The Labute approximate surface area is 34.4 Å². The minimum Gasteiger partial charge on any atom is -0.172 e. The molecule has 0 spiro atoms. The molecule has 0 aromatic heterocycles. The van der Waals surface area contributed by atoms with Crippen molar-refractivity contribution in [3.05, 3.63) is 0 Å². The minimum atomic E-state index is 1.55. The molecule has 0 nitrogen and oxygen atoms in total. The summed E-state index contributed by atoms with van der Waals surface area (Å²) in [6, 6.07) is 0. The maximum atomic E-state index is 4.35. The molecule has 1 atom stereocenters. The summed E-state index contributed by atoms with van der Waals surface area (Å²) in [6.45, 7) is 1.73. The van der Waals surface area contributed by atoms with Crippen LogP contribution < -0.4 is 0 Å². The van der Waals surface area contributed by atoms with Gasteiger partial charge in [-0.1, -0.05) is 5.27 Å². The third-order valence-electron chi connectivity index (χ3n) is 0.0786. The van der Waals surface area contributed by atoms with Crippen LogP contribution in [0.5, 0.6) is 0 Å². The molecule has 0 aliphatic carbocycles. The first-order valence-electron chi connectivity index (χ1n) is 0.902. The monoisotopic (exact) mass is 89.0 g/mol. The Balaban J connectivity index is 2.30. The topological polar surface area (TPSA) is 0 Å². The van der Waals surface area contributed by atoms with Gasteiger partial charge in [0.15, 0.2) is 7.00 Å². The Morgan fingerprint density at radius 2 is 2.25 bits per heavy atom. The van der Waals surface area contributed by atoms with Gasteiger partial charge in [0, 0.05) is 0 Å². The Kier molecular flexibility index (Phi) is 4.11. The second-order valence-corrected chi connectivity index (χ2v) is 0.986. The summed E-state index contributed by atoms with van der Waals surface area (Å²) in [5, 5.41) is 1.55. The summed E-state index contributed by atoms with van der Waals surface area (Å²) in [5.41, 5.74) is 0. The van der Waals surface area contributed by atoms with E-state index in [0.717, 1.165) is 0 Å². The summed E-state index contributed by atoms with van der Waals surface area (Å²) in [6.07, 6.45) is 0. The first-order chi connectivity index (χ1) is 1.91. The molecule has 0 saturated carbocycles. The van der Waals surface area contributed by atoms with Crippen molar-refractivity contribution < 1.29 is 0 Å². The second kappa shape index (κ2) is 3.58. The van der Waals surface area contributed by atoms with Gasteiger partial charge >= 0.3 is 0 Å². The van der Waals surface area contributed by atoms with Crippen molar-refractivity contribution in [1.82, 2.24) is 0 Å². The van der Waals surface area contributed by atoms with Gasteiger partial charge in [0.1, 0.15) is 0 Å². The molecule has 3 heteroatoms. The molecule has 0 saturated heterocycles. The molecule has 0 aromatic carbocycles. The maximum Gasteiger partial charge on any atom is 0.183 e. The van der Waals surface area contributed by atoms with E-state index in [4.69, 9.17) is 0 Å². The Morgan fingerprint density at radius 3 is 2.25 bits per heavy atom. The molecule has 4 heavy (non-hydrogen) atoms. The summed E-state index contributed by atoms with van der Waals surface area (Å²) < 4.78 is 0. The molecular formula is CH3BPS. The van der Waals surface area contributed by atoms with Crippen molar-refractivity contribution in [2.24, 2.45) is 0 Å². The fourth-order valence-corrected chi connectivity index (χ4v) is 0. The lowest BCUT2D eigenvalue weighted by molar-refractivity contribution is 4.10. The van der Waals surface area contributed by atoms with Crippen LogP contribution in [0.15, 0.2) is 0 Å². The fraction of sp³-hybridized carbons (Fsp3) is 0. The van der Waals surface area contributed by atoms with Crippen LogP contribution >= 0.6 is 21.3 Å².